The number of phenols is 1. The third-order valence-electron chi connectivity index (χ3n) is 10.9. The Balaban J connectivity index is 0.000000179. The molecule has 0 saturated carbocycles. The number of aromatic hydroxyl groups is 1. The molecule has 1 heterocycles. The summed E-state index contributed by atoms with van der Waals surface area (Å²) in [5.41, 5.74) is 17.1. The zero-order chi connectivity index (χ0) is 39.9. The Kier molecular flexibility index (Phi) is 15.5. The van der Waals surface area contributed by atoms with Crippen molar-refractivity contribution in [1.82, 2.24) is 4.98 Å². The minimum Gasteiger partial charge on any atom is -0.665 e. The molecule has 4 aromatic carbocycles. The molecule has 0 saturated heterocycles. The maximum absolute atomic E-state index is 11.0. The van der Waals surface area contributed by atoms with Crippen LogP contribution in [0.1, 0.15) is 135 Å². The van der Waals surface area contributed by atoms with Gasteiger partial charge < -0.3 is 10.1 Å². The predicted octanol–water partition coefficient (Wildman–Crippen LogP) is 14.5. The van der Waals surface area contributed by atoms with Gasteiger partial charge in [0.15, 0.2) is 0 Å². The number of aromatic nitrogens is 1. The number of nitrogens with zero attached hydrogens (tertiary/aromatic N) is 2. The zero-order valence-electron chi connectivity index (χ0n) is 34.3. The van der Waals surface area contributed by atoms with Gasteiger partial charge in [-0.3, -0.25) is 0 Å². The molecule has 2 aliphatic carbocycles. The van der Waals surface area contributed by atoms with Gasteiger partial charge in [-0.1, -0.05) is 41.9 Å². The van der Waals surface area contributed by atoms with Gasteiger partial charge in [-0.15, -0.1) is 0 Å². The maximum Gasteiger partial charge on any atom is 0.137 e. The quantitative estimate of drug-likeness (QED) is 0.184. The molecule has 55 heavy (non-hydrogen) atoms. The molecule has 7 rings (SSSR count). The van der Waals surface area contributed by atoms with Gasteiger partial charge in [0, 0.05) is 10.0 Å². The smallest absolute Gasteiger partial charge is 0.137 e. The van der Waals surface area contributed by atoms with Crippen LogP contribution in [0.25, 0.3) is 11.1 Å². The second-order valence-electron chi connectivity index (χ2n) is 16.4. The molecule has 5 aromatic rings. The van der Waals surface area contributed by atoms with Crippen molar-refractivity contribution in [3.05, 3.63) is 138 Å². The SMILES string of the molecule is CC(C)c1cccc(C(C)C)c1[N]=[W]=[CH]C(C)(C)c1ccccc1.Cc1c(Br)cc2c(c1-c1c(O)c(Br)cc3c1CCCC3)CCCC2.Cc1ccc(C)[n-]1. The molecule has 0 aliphatic heterocycles. The summed E-state index contributed by atoms with van der Waals surface area (Å²) in [6.07, 6.45) is 9.46. The molecule has 292 valence electrons. The van der Waals surface area contributed by atoms with E-state index in [0.717, 1.165) is 47.1 Å². The van der Waals surface area contributed by atoms with E-state index in [9.17, 15) is 5.11 Å². The van der Waals surface area contributed by atoms with Crippen LogP contribution in [-0.4, -0.2) is 9.51 Å². The third kappa shape index (κ3) is 10.8. The van der Waals surface area contributed by atoms with E-state index in [0.29, 0.717) is 17.6 Å². The average Bonchev–Trinajstić information content (AvgIpc) is 3.55. The van der Waals surface area contributed by atoms with Crippen molar-refractivity contribution in [2.24, 2.45) is 3.50 Å². The van der Waals surface area contributed by atoms with Gasteiger partial charge in [-0.2, -0.15) is 11.4 Å². The normalized spacial score (nSPS) is 13.5. The molecule has 0 fully saturated rings. The molecule has 0 bridgehead atoms. The van der Waals surface area contributed by atoms with Crippen LogP contribution in [-0.2, 0) is 49.0 Å². The monoisotopic (exact) mass is 1030 g/mol. The van der Waals surface area contributed by atoms with Gasteiger partial charge in [0.25, 0.3) is 0 Å². The molecular weight excluding hydrogens is 976 g/mol. The number of fused-ring (bicyclic) bond motifs is 2. The fraction of sp³-hybridized carbons (Fsp3) is 0.408. The summed E-state index contributed by atoms with van der Waals surface area (Å²) in [4.78, 5) is 4.11. The summed E-state index contributed by atoms with van der Waals surface area (Å²) >= 11 is 6.45. The first-order valence-electron chi connectivity index (χ1n) is 20.0. The van der Waals surface area contributed by atoms with E-state index in [1.54, 1.807) is 0 Å². The van der Waals surface area contributed by atoms with Crippen molar-refractivity contribution < 1.29 is 23.0 Å². The number of phenolic OH excluding ortho intramolecular Hbond substituents is 1. The minimum atomic E-state index is -0.918. The first-order chi connectivity index (χ1) is 26.2. The number of hydrogen-bond acceptors (Lipinski definition) is 2. The summed E-state index contributed by atoms with van der Waals surface area (Å²) in [6.45, 7) is 19.8. The Morgan fingerprint density at radius 2 is 1.20 bits per heavy atom. The summed E-state index contributed by atoms with van der Waals surface area (Å²) in [7, 11) is 0. The van der Waals surface area contributed by atoms with Crippen LogP contribution in [0.4, 0.5) is 5.69 Å². The topological polar surface area (TPSA) is 46.7 Å². The Labute approximate surface area is 356 Å². The number of benzene rings is 4. The Bertz CT molecular complexity index is 2040. The van der Waals surface area contributed by atoms with E-state index < -0.39 is 17.9 Å². The molecule has 3 nitrogen and oxygen atoms in total. The van der Waals surface area contributed by atoms with Crippen molar-refractivity contribution in [3.63, 3.8) is 0 Å². The molecule has 0 spiro atoms. The molecular formula is C49H59Br2N2OW-. The fourth-order valence-corrected chi connectivity index (χ4v) is 11.5. The van der Waals surface area contributed by atoms with E-state index in [2.05, 4.69) is 150 Å². The Hall–Kier alpha value is -2.72. The van der Waals surface area contributed by atoms with Crippen LogP contribution in [0.2, 0.25) is 0 Å². The largest absolute Gasteiger partial charge is 0.665 e. The molecule has 0 atom stereocenters. The number of halogens is 2. The number of rotatable bonds is 6. The molecule has 0 amide bonds. The van der Waals surface area contributed by atoms with E-state index in [1.165, 1.54) is 85.9 Å². The van der Waals surface area contributed by atoms with E-state index in [1.807, 2.05) is 26.0 Å². The van der Waals surface area contributed by atoms with Crippen LogP contribution in [0.5, 0.6) is 5.75 Å². The third-order valence-corrected chi connectivity index (χ3v) is 15.9. The summed E-state index contributed by atoms with van der Waals surface area (Å²) in [5.74, 6) is 1.45. The van der Waals surface area contributed by atoms with Gasteiger partial charge in [-0.25, -0.2) is 0 Å². The van der Waals surface area contributed by atoms with Crippen LogP contribution >= 0.6 is 31.9 Å². The van der Waals surface area contributed by atoms with Crippen LogP contribution in [0, 0.1) is 20.8 Å². The number of hydrogen-bond donors (Lipinski definition) is 1. The van der Waals surface area contributed by atoms with Crippen molar-refractivity contribution in [2.75, 3.05) is 0 Å². The van der Waals surface area contributed by atoms with Crippen LogP contribution < -0.4 is 4.98 Å². The fourth-order valence-electron chi connectivity index (χ4n) is 7.80. The Morgan fingerprint density at radius 1 is 0.691 bits per heavy atom. The van der Waals surface area contributed by atoms with E-state index in [-0.39, 0.29) is 5.41 Å². The van der Waals surface area contributed by atoms with Crippen molar-refractivity contribution in [2.45, 2.75) is 131 Å². The van der Waals surface area contributed by atoms with Crippen molar-refractivity contribution in [3.8, 4) is 16.9 Å². The maximum atomic E-state index is 11.0. The summed E-state index contributed by atoms with van der Waals surface area (Å²) < 4.78 is 9.66. The van der Waals surface area contributed by atoms with E-state index >= 15 is 0 Å². The van der Waals surface area contributed by atoms with E-state index in [4.69, 9.17) is 3.50 Å². The molecule has 0 unspecified atom stereocenters. The van der Waals surface area contributed by atoms with Gasteiger partial charge in [0.05, 0.1) is 4.47 Å². The standard InChI is InChI=1S/C21H22Br2O.C12H17N.C10H12.C6H8N.W/c1-12-17(22)10-13-6-2-4-8-15(13)19(12)20-16-9-5-3-7-14(16)11-18(23)21(20)24;1-8(2)10-6-5-7-11(9(3)4)12(10)13;1-10(2,3)9-7-5-4-6-8-9;1-5-3-4-6(2)7-5;/h10-11,24H,2-9H2,1H3;5-9H,1-4H3;1,4-8H,2-3H3;3-4H,1-2H3;/q;;;-1;. The molecule has 0 radical (unpaired) electrons. The minimum absolute atomic E-state index is 0.0974. The first-order valence-corrected chi connectivity index (χ1v) is 24.6. The van der Waals surface area contributed by atoms with Gasteiger partial charge in [-0.05, 0) is 120 Å². The predicted molar refractivity (Wildman–Crippen MR) is 238 cm³/mol. The van der Waals surface area contributed by atoms with Crippen LogP contribution in [0.15, 0.2) is 85.2 Å². The summed E-state index contributed by atoms with van der Waals surface area (Å²) in [5, 5.41) is 11.0. The van der Waals surface area contributed by atoms with Gasteiger partial charge in [0.1, 0.15) is 5.75 Å². The van der Waals surface area contributed by atoms with Gasteiger partial charge in [0.2, 0.25) is 0 Å². The van der Waals surface area contributed by atoms with Crippen molar-refractivity contribution >= 4 is 41.9 Å². The van der Waals surface area contributed by atoms with Gasteiger partial charge >= 0.3 is 156 Å². The summed E-state index contributed by atoms with van der Waals surface area (Å²) in [6, 6.07) is 25.9. The zero-order valence-corrected chi connectivity index (χ0v) is 40.4. The first kappa shape index (κ1) is 43.4. The second kappa shape index (κ2) is 19.6. The molecule has 2 aliphatic rings. The second-order valence-corrected chi connectivity index (χ2v) is 20.3. The molecule has 6 heteroatoms. The van der Waals surface area contributed by atoms with Crippen LogP contribution in [0.3, 0.4) is 0 Å². The Morgan fingerprint density at radius 3 is 1.71 bits per heavy atom. The number of aryl methyl sites for hydroxylation is 4. The molecule has 1 aromatic heterocycles. The molecule has 1 N–H and O–H groups in total. The average molecular weight is 1040 g/mol. The van der Waals surface area contributed by atoms with Crippen molar-refractivity contribution in [1.29, 1.82) is 0 Å².